The van der Waals surface area contributed by atoms with Gasteiger partial charge in [0.25, 0.3) is 0 Å². The van der Waals surface area contributed by atoms with Crippen LogP contribution in [-0.2, 0) is 4.74 Å². The molecule has 16 heavy (non-hydrogen) atoms. The highest BCUT2D eigenvalue weighted by atomic mass is 16.5. The highest BCUT2D eigenvalue weighted by molar-refractivity contribution is 5.45. The Morgan fingerprint density at radius 3 is 3.19 bits per heavy atom. The predicted octanol–water partition coefficient (Wildman–Crippen LogP) is 1.45. The lowest BCUT2D eigenvalue weighted by molar-refractivity contribution is 0.104. The second-order valence-electron chi connectivity index (χ2n) is 3.82. The normalized spacial score (nSPS) is 20.1. The molecule has 1 unspecified atom stereocenters. The molecule has 2 aromatic heterocycles. The van der Waals surface area contributed by atoms with Crippen LogP contribution in [0.5, 0.6) is 0 Å². The van der Waals surface area contributed by atoms with E-state index in [-0.39, 0.29) is 6.10 Å². The van der Waals surface area contributed by atoms with Gasteiger partial charge in [-0.05, 0) is 18.9 Å². The van der Waals surface area contributed by atoms with Crippen LogP contribution in [0, 0.1) is 11.3 Å². The van der Waals surface area contributed by atoms with E-state index < -0.39 is 0 Å². The van der Waals surface area contributed by atoms with Crippen molar-refractivity contribution >= 4 is 5.65 Å². The summed E-state index contributed by atoms with van der Waals surface area (Å²) in [7, 11) is 0. The Bertz CT molecular complexity index is 563. The van der Waals surface area contributed by atoms with Gasteiger partial charge >= 0.3 is 0 Å². The Kier molecular flexibility index (Phi) is 2.08. The summed E-state index contributed by atoms with van der Waals surface area (Å²) < 4.78 is 7.46. The highest BCUT2D eigenvalue weighted by Crippen LogP contribution is 2.27. The Labute approximate surface area is 92.3 Å². The second kappa shape index (κ2) is 3.58. The van der Waals surface area contributed by atoms with Crippen LogP contribution in [0.15, 0.2) is 18.3 Å². The van der Waals surface area contributed by atoms with Crippen molar-refractivity contribution in [1.82, 2.24) is 14.6 Å². The monoisotopic (exact) mass is 214 g/mol. The van der Waals surface area contributed by atoms with Crippen molar-refractivity contribution in [3.05, 3.63) is 29.7 Å². The van der Waals surface area contributed by atoms with E-state index in [0.29, 0.717) is 11.2 Å². The lowest BCUT2D eigenvalue weighted by atomic mass is 10.2. The molecular formula is C11H10N4O. The Balaban J connectivity index is 2.10. The van der Waals surface area contributed by atoms with Crippen LogP contribution in [0.3, 0.4) is 0 Å². The molecule has 5 nitrogen and oxygen atoms in total. The number of nitriles is 1. The standard InChI is InChI=1S/C11H10N4O/c12-7-8-3-4-15-10(6-8)13-14-11(15)9-2-1-5-16-9/h3-4,6,9H,1-2,5H2. The molecule has 0 radical (unpaired) electrons. The van der Waals surface area contributed by atoms with Crippen LogP contribution in [0.2, 0.25) is 0 Å². The van der Waals surface area contributed by atoms with E-state index in [1.54, 1.807) is 12.1 Å². The molecule has 0 amide bonds. The molecule has 0 saturated carbocycles. The van der Waals surface area contributed by atoms with Gasteiger partial charge in [0, 0.05) is 18.9 Å². The minimum atomic E-state index is 0.0444. The third-order valence-electron chi connectivity index (χ3n) is 2.78. The summed E-state index contributed by atoms with van der Waals surface area (Å²) in [6.07, 6.45) is 3.92. The molecule has 0 aromatic carbocycles. The Hall–Kier alpha value is -1.93. The van der Waals surface area contributed by atoms with Crippen molar-refractivity contribution in [3.63, 3.8) is 0 Å². The maximum atomic E-state index is 8.78. The number of hydrogen-bond acceptors (Lipinski definition) is 4. The third kappa shape index (κ3) is 1.35. The molecule has 1 aliphatic heterocycles. The molecule has 0 spiro atoms. The Morgan fingerprint density at radius 1 is 1.50 bits per heavy atom. The summed E-state index contributed by atoms with van der Waals surface area (Å²) >= 11 is 0. The number of aromatic nitrogens is 3. The maximum Gasteiger partial charge on any atom is 0.166 e. The Morgan fingerprint density at radius 2 is 2.44 bits per heavy atom. The lowest BCUT2D eigenvalue weighted by Gasteiger charge is -2.06. The average molecular weight is 214 g/mol. The van der Waals surface area contributed by atoms with Crippen molar-refractivity contribution in [3.8, 4) is 6.07 Å². The van der Waals surface area contributed by atoms with Gasteiger partial charge < -0.3 is 4.74 Å². The zero-order chi connectivity index (χ0) is 11.0. The molecule has 1 aliphatic rings. The van der Waals surface area contributed by atoms with Gasteiger partial charge in [-0.2, -0.15) is 5.26 Å². The first-order valence-electron chi connectivity index (χ1n) is 5.25. The fourth-order valence-corrected chi connectivity index (χ4v) is 1.98. The van der Waals surface area contributed by atoms with Crippen molar-refractivity contribution in [2.45, 2.75) is 18.9 Å². The summed E-state index contributed by atoms with van der Waals surface area (Å²) in [5.41, 5.74) is 1.29. The van der Waals surface area contributed by atoms with Gasteiger partial charge in [-0.3, -0.25) is 4.40 Å². The molecule has 0 aliphatic carbocycles. The van der Waals surface area contributed by atoms with Crippen LogP contribution in [0.25, 0.3) is 5.65 Å². The lowest BCUT2D eigenvalue weighted by Crippen LogP contribution is -2.02. The summed E-state index contributed by atoms with van der Waals surface area (Å²) in [6.45, 7) is 0.788. The zero-order valence-electron chi connectivity index (χ0n) is 8.63. The highest BCUT2D eigenvalue weighted by Gasteiger charge is 2.22. The molecule has 0 N–H and O–H groups in total. The van der Waals surface area contributed by atoms with E-state index in [9.17, 15) is 0 Å². The quantitative estimate of drug-likeness (QED) is 0.720. The molecule has 1 saturated heterocycles. The van der Waals surface area contributed by atoms with Gasteiger partial charge in [0.2, 0.25) is 0 Å². The summed E-state index contributed by atoms with van der Waals surface area (Å²) in [4.78, 5) is 0. The first-order chi connectivity index (χ1) is 7.88. The average Bonchev–Trinajstić information content (AvgIpc) is 2.96. The van der Waals surface area contributed by atoms with E-state index >= 15 is 0 Å². The van der Waals surface area contributed by atoms with Gasteiger partial charge in [0.1, 0.15) is 6.10 Å². The minimum absolute atomic E-state index is 0.0444. The molecule has 1 atom stereocenters. The van der Waals surface area contributed by atoms with Crippen molar-refractivity contribution in [2.24, 2.45) is 0 Å². The number of rotatable bonds is 1. The van der Waals surface area contributed by atoms with Gasteiger partial charge in [-0.25, -0.2) is 0 Å². The van der Waals surface area contributed by atoms with Crippen LogP contribution < -0.4 is 0 Å². The molecule has 5 heteroatoms. The molecule has 1 fully saturated rings. The smallest absolute Gasteiger partial charge is 0.166 e. The first-order valence-corrected chi connectivity index (χ1v) is 5.25. The zero-order valence-corrected chi connectivity index (χ0v) is 8.63. The van der Waals surface area contributed by atoms with E-state index in [2.05, 4.69) is 16.3 Å². The summed E-state index contributed by atoms with van der Waals surface area (Å²) in [5.74, 6) is 0.831. The maximum absolute atomic E-state index is 8.78. The second-order valence-corrected chi connectivity index (χ2v) is 3.82. The third-order valence-corrected chi connectivity index (χ3v) is 2.78. The van der Waals surface area contributed by atoms with E-state index in [1.165, 1.54) is 0 Å². The van der Waals surface area contributed by atoms with Gasteiger partial charge in [0.05, 0.1) is 11.6 Å². The number of ether oxygens (including phenoxy) is 1. The molecular weight excluding hydrogens is 204 g/mol. The minimum Gasteiger partial charge on any atom is -0.370 e. The SMILES string of the molecule is N#Cc1ccn2c(C3CCCO3)nnc2c1. The topological polar surface area (TPSA) is 63.2 Å². The van der Waals surface area contributed by atoms with Crippen LogP contribution in [-0.4, -0.2) is 21.2 Å². The van der Waals surface area contributed by atoms with Crippen LogP contribution in [0.4, 0.5) is 0 Å². The number of nitrogens with zero attached hydrogens (tertiary/aromatic N) is 4. The molecule has 3 heterocycles. The van der Waals surface area contributed by atoms with Crippen molar-refractivity contribution in [1.29, 1.82) is 5.26 Å². The summed E-state index contributed by atoms with van der Waals surface area (Å²) in [6, 6.07) is 5.57. The molecule has 3 rings (SSSR count). The largest absolute Gasteiger partial charge is 0.370 e. The van der Waals surface area contributed by atoms with E-state index in [4.69, 9.17) is 10.00 Å². The van der Waals surface area contributed by atoms with Gasteiger partial charge in [0.15, 0.2) is 11.5 Å². The van der Waals surface area contributed by atoms with Crippen molar-refractivity contribution in [2.75, 3.05) is 6.61 Å². The van der Waals surface area contributed by atoms with E-state index in [0.717, 1.165) is 25.3 Å². The van der Waals surface area contributed by atoms with Crippen LogP contribution in [0.1, 0.15) is 30.3 Å². The number of hydrogen-bond donors (Lipinski definition) is 0. The fraction of sp³-hybridized carbons (Fsp3) is 0.364. The summed E-state index contributed by atoms with van der Waals surface area (Å²) in [5, 5.41) is 17.0. The predicted molar refractivity (Wildman–Crippen MR) is 55.6 cm³/mol. The molecule has 2 aromatic rings. The van der Waals surface area contributed by atoms with Crippen molar-refractivity contribution < 1.29 is 4.74 Å². The number of pyridine rings is 1. The first kappa shape index (κ1) is 9.31. The van der Waals surface area contributed by atoms with Crippen LogP contribution >= 0.6 is 0 Å². The van der Waals surface area contributed by atoms with E-state index in [1.807, 2.05) is 10.6 Å². The number of fused-ring (bicyclic) bond motifs is 1. The molecule has 0 bridgehead atoms. The van der Waals surface area contributed by atoms with Gasteiger partial charge in [-0.1, -0.05) is 0 Å². The molecule has 80 valence electrons. The van der Waals surface area contributed by atoms with Gasteiger partial charge in [-0.15, -0.1) is 10.2 Å². The fourth-order valence-electron chi connectivity index (χ4n) is 1.98.